The Hall–Kier alpha value is -2.04. The van der Waals surface area contributed by atoms with Gasteiger partial charge in [-0.25, -0.2) is 0 Å². The number of anilines is 1. The molecule has 4 nitrogen and oxygen atoms in total. The number of aryl methyl sites for hydroxylation is 1. The Morgan fingerprint density at radius 3 is 2.50 bits per heavy atom. The maximum Gasteiger partial charge on any atom is 0.255 e. The van der Waals surface area contributed by atoms with E-state index >= 15 is 0 Å². The summed E-state index contributed by atoms with van der Waals surface area (Å²) in [7, 11) is 1.55. The number of hydrogen-bond acceptors (Lipinski definition) is 2. The van der Waals surface area contributed by atoms with Crippen LogP contribution in [-0.2, 0) is 11.2 Å². The number of benzene rings is 2. The van der Waals surface area contributed by atoms with Crippen LogP contribution in [0.4, 0.5) is 5.69 Å². The summed E-state index contributed by atoms with van der Waals surface area (Å²) in [6.45, 7) is 1.94. The average molecular weight is 365 g/mol. The zero-order valence-electron chi connectivity index (χ0n) is 13.5. The van der Waals surface area contributed by atoms with Gasteiger partial charge in [0.05, 0.1) is 17.1 Å². The molecule has 1 N–H and O–H groups in total. The molecule has 0 saturated heterocycles. The summed E-state index contributed by atoms with van der Waals surface area (Å²) in [5, 5.41) is 3.55. The van der Waals surface area contributed by atoms with Gasteiger partial charge in [-0.1, -0.05) is 48.3 Å². The lowest BCUT2D eigenvalue weighted by Crippen LogP contribution is -2.35. The third kappa shape index (κ3) is 4.49. The van der Waals surface area contributed by atoms with Crippen LogP contribution in [0.15, 0.2) is 42.5 Å². The number of halogens is 2. The van der Waals surface area contributed by atoms with E-state index < -0.39 is 0 Å². The molecule has 2 amide bonds. The second kappa shape index (κ2) is 8.18. The number of nitrogens with zero attached hydrogens (tertiary/aromatic N) is 1. The summed E-state index contributed by atoms with van der Waals surface area (Å²) in [6.07, 6.45) is 0.811. The van der Waals surface area contributed by atoms with Crippen LogP contribution >= 0.6 is 23.2 Å². The molecule has 0 aliphatic rings. The fourth-order valence-corrected chi connectivity index (χ4v) is 2.79. The van der Waals surface area contributed by atoms with Crippen LogP contribution in [0.1, 0.15) is 22.8 Å². The first-order chi connectivity index (χ1) is 11.4. The second-order valence-corrected chi connectivity index (χ2v) is 6.19. The number of nitrogens with one attached hydrogen (secondary N) is 1. The first kappa shape index (κ1) is 18.3. The maximum atomic E-state index is 12.4. The van der Waals surface area contributed by atoms with E-state index in [2.05, 4.69) is 5.32 Å². The van der Waals surface area contributed by atoms with Crippen LogP contribution in [-0.4, -0.2) is 30.3 Å². The Balaban J connectivity index is 2.04. The van der Waals surface area contributed by atoms with E-state index in [1.54, 1.807) is 19.2 Å². The van der Waals surface area contributed by atoms with Crippen molar-refractivity contribution in [1.29, 1.82) is 0 Å². The fourth-order valence-electron chi connectivity index (χ4n) is 2.30. The lowest BCUT2D eigenvalue weighted by molar-refractivity contribution is -0.116. The van der Waals surface area contributed by atoms with E-state index in [9.17, 15) is 9.59 Å². The van der Waals surface area contributed by atoms with Gasteiger partial charge in [-0.15, -0.1) is 0 Å². The van der Waals surface area contributed by atoms with Crippen LogP contribution in [0.25, 0.3) is 0 Å². The monoisotopic (exact) mass is 364 g/mol. The number of rotatable bonds is 5. The zero-order valence-corrected chi connectivity index (χ0v) is 15.0. The van der Waals surface area contributed by atoms with Gasteiger partial charge in [0.25, 0.3) is 5.91 Å². The van der Waals surface area contributed by atoms with Crippen molar-refractivity contribution < 1.29 is 9.59 Å². The number of likely N-dealkylation sites (N-methyl/N-ethyl adjacent to an activating group) is 1. The standard InChI is InChI=1S/C18H18Cl2N2O2/c1-3-12-6-4-5-7-16(12)21-17(23)11-22(2)18(24)14-9-8-13(19)10-15(14)20/h4-10H,3,11H2,1-2H3,(H,21,23). The highest BCUT2D eigenvalue weighted by Crippen LogP contribution is 2.22. The Bertz CT molecular complexity index is 762. The Labute approximate surface area is 151 Å². The summed E-state index contributed by atoms with van der Waals surface area (Å²) >= 11 is 11.9. The Morgan fingerprint density at radius 2 is 1.83 bits per heavy atom. The third-order valence-corrected chi connectivity index (χ3v) is 4.11. The largest absolute Gasteiger partial charge is 0.332 e. The molecule has 2 aromatic carbocycles. The highest BCUT2D eigenvalue weighted by molar-refractivity contribution is 6.36. The van der Waals surface area contributed by atoms with Gasteiger partial charge >= 0.3 is 0 Å². The highest BCUT2D eigenvalue weighted by atomic mass is 35.5. The molecule has 0 aliphatic carbocycles. The average Bonchev–Trinajstić information content (AvgIpc) is 2.54. The van der Waals surface area contributed by atoms with Crippen molar-refractivity contribution in [3.05, 3.63) is 63.6 Å². The topological polar surface area (TPSA) is 49.4 Å². The predicted molar refractivity (Wildman–Crippen MR) is 97.9 cm³/mol. The first-order valence-electron chi connectivity index (χ1n) is 7.50. The second-order valence-electron chi connectivity index (χ2n) is 5.34. The quantitative estimate of drug-likeness (QED) is 0.861. The smallest absolute Gasteiger partial charge is 0.255 e. The van der Waals surface area contributed by atoms with Crippen molar-refractivity contribution in [2.75, 3.05) is 18.9 Å². The number of para-hydroxylation sites is 1. The molecule has 126 valence electrons. The van der Waals surface area contributed by atoms with E-state index in [-0.39, 0.29) is 23.4 Å². The summed E-state index contributed by atoms with van der Waals surface area (Å²) in [4.78, 5) is 25.9. The molecule has 0 saturated carbocycles. The van der Waals surface area contributed by atoms with Gasteiger partial charge in [0.15, 0.2) is 0 Å². The molecule has 2 aromatic rings. The molecule has 0 radical (unpaired) electrons. The van der Waals surface area contributed by atoms with Crippen molar-refractivity contribution in [3.63, 3.8) is 0 Å². The van der Waals surface area contributed by atoms with Gasteiger partial charge in [0.1, 0.15) is 0 Å². The van der Waals surface area contributed by atoms with Gasteiger partial charge < -0.3 is 10.2 Å². The number of carbonyl (C=O) groups is 2. The van der Waals surface area contributed by atoms with E-state index in [1.165, 1.54) is 11.0 Å². The number of hydrogen-bond donors (Lipinski definition) is 1. The van der Waals surface area contributed by atoms with Gasteiger partial charge in [0.2, 0.25) is 5.91 Å². The lowest BCUT2D eigenvalue weighted by Gasteiger charge is -2.18. The molecule has 0 bridgehead atoms. The van der Waals surface area contributed by atoms with Crippen LogP contribution in [0.3, 0.4) is 0 Å². The molecule has 2 rings (SSSR count). The van der Waals surface area contributed by atoms with Gasteiger partial charge in [-0.2, -0.15) is 0 Å². The summed E-state index contributed by atoms with van der Waals surface area (Å²) < 4.78 is 0. The molecule has 0 aliphatic heterocycles. The van der Waals surface area contributed by atoms with E-state index in [4.69, 9.17) is 23.2 Å². The van der Waals surface area contributed by atoms with Gasteiger partial charge in [-0.3, -0.25) is 9.59 Å². The zero-order chi connectivity index (χ0) is 17.7. The molecule has 0 heterocycles. The minimum Gasteiger partial charge on any atom is -0.332 e. The SMILES string of the molecule is CCc1ccccc1NC(=O)CN(C)C(=O)c1ccc(Cl)cc1Cl. The summed E-state index contributed by atoms with van der Waals surface area (Å²) in [5.74, 6) is -0.604. The molecule has 24 heavy (non-hydrogen) atoms. The van der Waals surface area contributed by atoms with Crippen molar-refractivity contribution in [3.8, 4) is 0 Å². The minimum absolute atomic E-state index is 0.0736. The number of carbonyl (C=O) groups excluding carboxylic acids is 2. The van der Waals surface area contributed by atoms with Crippen molar-refractivity contribution in [2.45, 2.75) is 13.3 Å². The van der Waals surface area contributed by atoms with E-state index in [0.717, 1.165) is 17.7 Å². The highest BCUT2D eigenvalue weighted by Gasteiger charge is 2.18. The minimum atomic E-state index is -0.337. The molecule has 0 spiro atoms. The summed E-state index contributed by atoms with van der Waals surface area (Å²) in [6, 6.07) is 12.2. The van der Waals surface area contributed by atoms with Crippen LogP contribution < -0.4 is 5.32 Å². The normalized spacial score (nSPS) is 10.3. The molecule has 0 aromatic heterocycles. The Kier molecular flexibility index (Phi) is 6.23. The third-order valence-electron chi connectivity index (χ3n) is 3.56. The van der Waals surface area contributed by atoms with Gasteiger partial charge in [-0.05, 0) is 36.2 Å². The van der Waals surface area contributed by atoms with Crippen molar-refractivity contribution in [1.82, 2.24) is 4.90 Å². The van der Waals surface area contributed by atoms with E-state index in [1.807, 2.05) is 31.2 Å². The van der Waals surface area contributed by atoms with Crippen LogP contribution in [0.2, 0.25) is 10.0 Å². The first-order valence-corrected chi connectivity index (χ1v) is 8.26. The molecular weight excluding hydrogens is 347 g/mol. The van der Waals surface area contributed by atoms with Crippen molar-refractivity contribution in [2.24, 2.45) is 0 Å². The lowest BCUT2D eigenvalue weighted by atomic mass is 10.1. The van der Waals surface area contributed by atoms with Gasteiger partial charge in [0, 0.05) is 17.8 Å². The molecule has 0 unspecified atom stereocenters. The summed E-state index contributed by atoms with van der Waals surface area (Å²) in [5.41, 5.74) is 2.11. The molecule has 0 fully saturated rings. The predicted octanol–water partition coefficient (Wildman–Crippen LogP) is 4.27. The van der Waals surface area contributed by atoms with Crippen LogP contribution in [0, 0.1) is 0 Å². The van der Waals surface area contributed by atoms with Crippen LogP contribution in [0.5, 0.6) is 0 Å². The maximum absolute atomic E-state index is 12.4. The molecule has 0 atom stereocenters. The fraction of sp³-hybridized carbons (Fsp3) is 0.222. The molecular formula is C18H18Cl2N2O2. The van der Waals surface area contributed by atoms with E-state index in [0.29, 0.717) is 10.6 Å². The molecule has 6 heteroatoms. The number of amides is 2. The van der Waals surface area contributed by atoms with Crippen molar-refractivity contribution >= 4 is 40.7 Å². The Morgan fingerprint density at radius 1 is 1.12 bits per heavy atom.